The Kier molecular flexibility index (Phi) is 5.12. The van der Waals surface area contributed by atoms with Crippen molar-refractivity contribution in [2.24, 2.45) is 5.92 Å². The first-order valence-electron chi connectivity index (χ1n) is 9.32. The van der Waals surface area contributed by atoms with E-state index in [1.807, 2.05) is 41.2 Å². The second kappa shape index (κ2) is 7.83. The minimum Gasteiger partial charge on any atom is -0.299 e. The standard InChI is InChI=1S/C22H24FN3/c23-21-8-6-18(7-9-21)14-19-10-12-25(13-11-19)16-20-15-24-26(17-20)22-4-2-1-3-5-22/h1-9,15,17,19H,10-14,16H2. The molecule has 0 N–H and O–H groups in total. The average molecular weight is 349 g/mol. The van der Waals surface area contributed by atoms with Crippen molar-refractivity contribution >= 4 is 0 Å². The Morgan fingerprint density at radius 1 is 0.923 bits per heavy atom. The summed E-state index contributed by atoms with van der Waals surface area (Å²) in [5.74, 6) is 0.545. The zero-order valence-electron chi connectivity index (χ0n) is 14.9. The van der Waals surface area contributed by atoms with Crippen LogP contribution in [0.15, 0.2) is 67.0 Å². The molecular formula is C22H24FN3. The molecule has 2 aromatic carbocycles. The highest BCUT2D eigenvalue weighted by molar-refractivity contribution is 5.30. The third-order valence-corrected chi connectivity index (χ3v) is 5.21. The number of likely N-dealkylation sites (tertiary alicyclic amines) is 1. The largest absolute Gasteiger partial charge is 0.299 e. The van der Waals surface area contributed by atoms with Gasteiger partial charge in [0.05, 0.1) is 11.9 Å². The Hall–Kier alpha value is -2.46. The lowest BCUT2D eigenvalue weighted by molar-refractivity contribution is 0.177. The quantitative estimate of drug-likeness (QED) is 0.678. The van der Waals surface area contributed by atoms with Gasteiger partial charge in [0.15, 0.2) is 0 Å². The molecule has 1 aromatic heterocycles. The van der Waals surface area contributed by atoms with E-state index >= 15 is 0 Å². The van der Waals surface area contributed by atoms with Crippen molar-refractivity contribution < 1.29 is 4.39 Å². The van der Waals surface area contributed by atoms with E-state index in [-0.39, 0.29) is 5.82 Å². The minimum absolute atomic E-state index is 0.153. The molecule has 4 heteroatoms. The van der Waals surface area contributed by atoms with Crippen molar-refractivity contribution in [3.63, 3.8) is 0 Å². The molecule has 0 atom stereocenters. The second-order valence-electron chi connectivity index (χ2n) is 7.18. The molecule has 1 aliphatic rings. The van der Waals surface area contributed by atoms with Crippen LogP contribution in [0.3, 0.4) is 0 Å². The fourth-order valence-electron chi connectivity index (χ4n) is 3.72. The number of halogens is 1. The third-order valence-electron chi connectivity index (χ3n) is 5.21. The normalized spacial score (nSPS) is 16.0. The third kappa shape index (κ3) is 4.20. The molecule has 1 saturated heterocycles. The van der Waals surface area contributed by atoms with Crippen LogP contribution in [0, 0.1) is 11.7 Å². The monoisotopic (exact) mass is 349 g/mol. The first kappa shape index (κ1) is 17.0. The van der Waals surface area contributed by atoms with Crippen LogP contribution in [-0.4, -0.2) is 27.8 Å². The van der Waals surface area contributed by atoms with E-state index in [4.69, 9.17) is 0 Å². The zero-order chi connectivity index (χ0) is 17.8. The molecule has 0 unspecified atom stereocenters. The molecule has 0 amide bonds. The highest BCUT2D eigenvalue weighted by atomic mass is 19.1. The van der Waals surface area contributed by atoms with E-state index in [2.05, 4.69) is 28.3 Å². The molecule has 0 bridgehead atoms. The molecule has 3 nitrogen and oxygen atoms in total. The van der Waals surface area contributed by atoms with Crippen molar-refractivity contribution in [2.75, 3.05) is 13.1 Å². The highest BCUT2D eigenvalue weighted by Gasteiger charge is 2.20. The minimum atomic E-state index is -0.153. The molecule has 2 heterocycles. The van der Waals surface area contributed by atoms with Gasteiger partial charge in [-0.1, -0.05) is 30.3 Å². The Morgan fingerprint density at radius 3 is 2.38 bits per heavy atom. The van der Waals surface area contributed by atoms with Crippen LogP contribution in [0.4, 0.5) is 4.39 Å². The Balaban J connectivity index is 1.29. The van der Waals surface area contributed by atoms with Crippen molar-refractivity contribution in [1.82, 2.24) is 14.7 Å². The van der Waals surface area contributed by atoms with Gasteiger partial charge >= 0.3 is 0 Å². The molecule has 0 aliphatic carbocycles. The molecule has 1 fully saturated rings. The number of hydrogen-bond donors (Lipinski definition) is 0. The Bertz CT molecular complexity index is 818. The fourth-order valence-corrected chi connectivity index (χ4v) is 3.72. The van der Waals surface area contributed by atoms with Gasteiger partial charge < -0.3 is 0 Å². The van der Waals surface area contributed by atoms with Crippen molar-refractivity contribution in [3.8, 4) is 5.69 Å². The summed E-state index contributed by atoms with van der Waals surface area (Å²) in [7, 11) is 0. The molecule has 1 aliphatic heterocycles. The number of rotatable bonds is 5. The smallest absolute Gasteiger partial charge is 0.123 e. The van der Waals surface area contributed by atoms with Gasteiger partial charge in [0.25, 0.3) is 0 Å². The fraction of sp³-hybridized carbons (Fsp3) is 0.318. The maximum absolute atomic E-state index is 13.0. The molecular weight excluding hydrogens is 325 g/mol. The Morgan fingerprint density at radius 2 is 1.65 bits per heavy atom. The van der Waals surface area contributed by atoms with Crippen LogP contribution in [-0.2, 0) is 13.0 Å². The second-order valence-corrected chi connectivity index (χ2v) is 7.18. The summed E-state index contributed by atoms with van der Waals surface area (Å²) < 4.78 is 15.0. The number of nitrogens with zero attached hydrogens (tertiary/aromatic N) is 3. The van der Waals surface area contributed by atoms with Gasteiger partial charge in [0, 0.05) is 18.3 Å². The SMILES string of the molecule is Fc1ccc(CC2CCN(Cc3cnn(-c4ccccc4)c3)CC2)cc1. The van der Waals surface area contributed by atoms with E-state index in [1.54, 1.807) is 12.1 Å². The van der Waals surface area contributed by atoms with Crippen molar-refractivity contribution in [3.05, 3.63) is 83.9 Å². The van der Waals surface area contributed by atoms with Crippen LogP contribution >= 0.6 is 0 Å². The molecule has 26 heavy (non-hydrogen) atoms. The van der Waals surface area contributed by atoms with Gasteiger partial charge in [-0.3, -0.25) is 4.90 Å². The van der Waals surface area contributed by atoms with Crippen LogP contribution in [0.1, 0.15) is 24.0 Å². The number of aromatic nitrogens is 2. The molecule has 0 radical (unpaired) electrons. The summed E-state index contributed by atoms with van der Waals surface area (Å²) >= 11 is 0. The topological polar surface area (TPSA) is 21.1 Å². The average Bonchev–Trinajstić information content (AvgIpc) is 3.14. The summed E-state index contributed by atoms with van der Waals surface area (Å²) in [5, 5.41) is 4.49. The van der Waals surface area contributed by atoms with Gasteiger partial charge in [0.1, 0.15) is 5.82 Å². The van der Waals surface area contributed by atoms with E-state index in [0.717, 1.165) is 31.7 Å². The summed E-state index contributed by atoms with van der Waals surface area (Å²) in [6.07, 6.45) is 7.55. The van der Waals surface area contributed by atoms with Gasteiger partial charge in [0.2, 0.25) is 0 Å². The number of para-hydroxylation sites is 1. The van der Waals surface area contributed by atoms with E-state index in [9.17, 15) is 4.39 Å². The van der Waals surface area contributed by atoms with E-state index in [1.165, 1.54) is 24.0 Å². The number of benzene rings is 2. The lowest BCUT2D eigenvalue weighted by Gasteiger charge is -2.31. The highest BCUT2D eigenvalue weighted by Crippen LogP contribution is 2.23. The van der Waals surface area contributed by atoms with Crippen LogP contribution < -0.4 is 0 Å². The maximum Gasteiger partial charge on any atom is 0.123 e. The van der Waals surface area contributed by atoms with Crippen molar-refractivity contribution in [1.29, 1.82) is 0 Å². The van der Waals surface area contributed by atoms with Crippen LogP contribution in [0.5, 0.6) is 0 Å². The lowest BCUT2D eigenvalue weighted by Crippen LogP contribution is -2.33. The molecule has 134 valence electrons. The zero-order valence-corrected chi connectivity index (χ0v) is 14.9. The molecule has 0 saturated carbocycles. The molecule has 4 rings (SSSR count). The van der Waals surface area contributed by atoms with Gasteiger partial charge in [-0.15, -0.1) is 0 Å². The predicted molar refractivity (Wildman–Crippen MR) is 102 cm³/mol. The predicted octanol–water partition coefficient (Wildman–Crippen LogP) is 4.47. The lowest BCUT2D eigenvalue weighted by atomic mass is 9.90. The molecule has 3 aromatic rings. The van der Waals surface area contributed by atoms with Crippen LogP contribution in [0.25, 0.3) is 5.69 Å². The van der Waals surface area contributed by atoms with Gasteiger partial charge in [-0.25, -0.2) is 9.07 Å². The molecule has 0 spiro atoms. The van der Waals surface area contributed by atoms with Gasteiger partial charge in [-0.05, 0) is 68.1 Å². The van der Waals surface area contributed by atoms with Crippen LogP contribution in [0.2, 0.25) is 0 Å². The Labute approximate surface area is 154 Å². The summed E-state index contributed by atoms with van der Waals surface area (Å²) in [6.45, 7) is 3.18. The number of piperidine rings is 1. The first-order valence-corrected chi connectivity index (χ1v) is 9.32. The summed E-state index contributed by atoms with van der Waals surface area (Å²) in [6, 6.07) is 17.2. The van der Waals surface area contributed by atoms with Crippen molar-refractivity contribution in [2.45, 2.75) is 25.8 Å². The van der Waals surface area contributed by atoms with E-state index < -0.39 is 0 Å². The summed E-state index contributed by atoms with van der Waals surface area (Å²) in [4.78, 5) is 2.51. The van der Waals surface area contributed by atoms with Gasteiger partial charge in [-0.2, -0.15) is 5.10 Å². The summed E-state index contributed by atoms with van der Waals surface area (Å²) in [5.41, 5.74) is 3.59. The first-order chi connectivity index (χ1) is 12.8. The maximum atomic E-state index is 13.0. The van der Waals surface area contributed by atoms with E-state index in [0.29, 0.717) is 5.92 Å². The number of hydrogen-bond acceptors (Lipinski definition) is 2.